The number of carbonyl (C=O) groups excluding carboxylic acids is 1. The summed E-state index contributed by atoms with van der Waals surface area (Å²) in [5.41, 5.74) is 0. The second-order valence-corrected chi connectivity index (χ2v) is 7.02. The van der Waals surface area contributed by atoms with Gasteiger partial charge in [0.15, 0.2) is 6.10 Å². The average molecular weight is 377 g/mol. The summed E-state index contributed by atoms with van der Waals surface area (Å²) < 4.78 is 11.3. The third kappa shape index (κ3) is 5.02. The molecule has 6 heteroatoms. The van der Waals surface area contributed by atoms with Crippen LogP contribution in [0.25, 0.3) is 0 Å². The number of ether oxygens (including phenoxy) is 1. The van der Waals surface area contributed by atoms with Gasteiger partial charge in [0.2, 0.25) is 0 Å². The van der Waals surface area contributed by atoms with Gasteiger partial charge in [-0.3, -0.25) is 9.69 Å². The molecule has 140 valence electrons. The monoisotopic (exact) mass is 376 g/mol. The second kappa shape index (κ2) is 9.10. The molecule has 0 saturated carbocycles. The molecule has 1 aliphatic rings. The van der Waals surface area contributed by atoms with E-state index in [2.05, 4.69) is 10.2 Å². The third-order valence-electron chi connectivity index (χ3n) is 4.67. The maximum Gasteiger partial charge on any atom is 0.260 e. The predicted molar refractivity (Wildman–Crippen MR) is 101 cm³/mol. The number of hydrogen-bond acceptors (Lipinski definition) is 4. The first-order chi connectivity index (χ1) is 12.6. The Bertz CT molecular complexity index is 682. The largest absolute Gasteiger partial charge is 0.481 e. The smallest absolute Gasteiger partial charge is 0.260 e. The summed E-state index contributed by atoms with van der Waals surface area (Å²) in [4.78, 5) is 14.8. The van der Waals surface area contributed by atoms with Crippen LogP contribution < -0.4 is 10.1 Å². The van der Waals surface area contributed by atoms with Crippen LogP contribution in [0, 0.1) is 0 Å². The molecule has 2 atom stereocenters. The van der Waals surface area contributed by atoms with E-state index in [9.17, 15) is 4.79 Å². The Morgan fingerprint density at radius 2 is 1.96 bits per heavy atom. The number of halogens is 1. The number of nitrogens with zero attached hydrogens (tertiary/aromatic N) is 1. The molecule has 0 bridgehead atoms. The first-order valence-corrected chi connectivity index (χ1v) is 9.48. The zero-order valence-electron chi connectivity index (χ0n) is 15.0. The van der Waals surface area contributed by atoms with E-state index >= 15 is 0 Å². The maximum absolute atomic E-state index is 12.5. The number of rotatable bonds is 7. The van der Waals surface area contributed by atoms with Crippen LogP contribution >= 0.6 is 11.6 Å². The molecule has 2 unspecified atom stereocenters. The van der Waals surface area contributed by atoms with Crippen LogP contribution in [0.3, 0.4) is 0 Å². The van der Waals surface area contributed by atoms with Crippen molar-refractivity contribution in [3.8, 4) is 5.75 Å². The lowest BCUT2D eigenvalue weighted by Crippen LogP contribution is -2.43. The molecular formula is C20H25ClN2O3. The summed E-state index contributed by atoms with van der Waals surface area (Å²) >= 11 is 5.87. The Kier molecular flexibility index (Phi) is 6.58. The molecule has 2 aromatic rings. The third-order valence-corrected chi connectivity index (χ3v) is 4.92. The van der Waals surface area contributed by atoms with Crippen molar-refractivity contribution in [1.82, 2.24) is 10.2 Å². The average Bonchev–Trinajstić information content (AvgIpc) is 3.19. The van der Waals surface area contributed by atoms with Crippen LogP contribution in [0.2, 0.25) is 5.02 Å². The van der Waals surface area contributed by atoms with Crippen molar-refractivity contribution in [3.63, 3.8) is 0 Å². The normalized spacial score (nSPS) is 17.5. The second-order valence-electron chi connectivity index (χ2n) is 6.59. The fourth-order valence-electron chi connectivity index (χ4n) is 3.23. The molecule has 26 heavy (non-hydrogen) atoms. The number of benzene rings is 1. The maximum atomic E-state index is 12.5. The molecule has 1 amide bonds. The van der Waals surface area contributed by atoms with Gasteiger partial charge in [0.25, 0.3) is 5.91 Å². The van der Waals surface area contributed by atoms with Crippen LogP contribution in [0.5, 0.6) is 5.75 Å². The van der Waals surface area contributed by atoms with Crippen molar-refractivity contribution in [1.29, 1.82) is 0 Å². The molecule has 1 fully saturated rings. The van der Waals surface area contributed by atoms with E-state index in [0.29, 0.717) is 17.3 Å². The SMILES string of the molecule is CC(Oc1ccc(Cl)cc1)C(=O)NCC(c1ccco1)N1CCCCC1. The molecule has 1 N–H and O–H groups in total. The number of likely N-dealkylation sites (tertiary alicyclic amines) is 1. The summed E-state index contributed by atoms with van der Waals surface area (Å²) in [5.74, 6) is 1.36. The van der Waals surface area contributed by atoms with E-state index in [1.165, 1.54) is 19.3 Å². The minimum absolute atomic E-state index is 0.0528. The zero-order chi connectivity index (χ0) is 18.4. The standard InChI is InChI=1S/C20H25ClN2O3/c1-15(26-17-9-7-16(21)8-10-17)20(24)22-14-18(19-6-5-13-25-19)23-11-3-2-4-12-23/h5-10,13,15,18H,2-4,11-12,14H2,1H3,(H,22,24). The highest BCUT2D eigenvalue weighted by Crippen LogP contribution is 2.24. The van der Waals surface area contributed by atoms with E-state index in [1.807, 2.05) is 12.1 Å². The van der Waals surface area contributed by atoms with Gasteiger partial charge < -0.3 is 14.5 Å². The Balaban J connectivity index is 1.57. The van der Waals surface area contributed by atoms with Crippen molar-refractivity contribution >= 4 is 17.5 Å². The van der Waals surface area contributed by atoms with Crippen molar-refractivity contribution in [2.75, 3.05) is 19.6 Å². The molecule has 2 heterocycles. The number of carbonyl (C=O) groups is 1. The minimum atomic E-state index is -0.588. The first-order valence-electron chi connectivity index (χ1n) is 9.11. The topological polar surface area (TPSA) is 54.7 Å². The van der Waals surface area contributed by atoms with Gasteiger partial charge in [-0.1, -0.05) is 18.0 Å². The quantitative estimate of drug-likeness (QED) is 0.792. The lowest BCUT2D eigenvalue weighted by atomic mass is 10.1. The van der Waals surface area contributed by atoms with Gasteiger partial charge in [0.05, 0.1) is 12.3 Å². The summed E-state index contributed by atoms with van der Waals surface area (Å²) in [7, 11) is 0. The Morgan fingerprint density at radius 3 is 2.62 bits per heavy atom. The van der Waals surface area contributed by atoms with E-state index in [4.69, 9.17) is 20.8 Å². The molecule has 1 aliphatic heterocycles. The summed E-state index contributed by atoms with van der Waals surface area (Å²) in [5, 5.41) is 3.64. The van der Waals surface area contributed by atoms with Gasteiger partial charge in [-0.2, -0.15) is 0 Å². The summed E-state index contributed by atoms with van der Waals surface area (Å²) in [6.45, 7) is 4.30. The molecule has 3 rings (SSSR count). The molecule has 0 radical (unpaired) electrons. The summed E-state index contributed by atoms with van der Waals surface area (Å²) in [6.07, 6.45) is 4.72. The van der Waals surface area contributed by atoms with Gasteiger partial charge >= 0.3 is 0 Å². The van der Waals surface area contributed by atoms with Crippen LogP contribution in [0.1, 0.15) is 38.0 Å². The predicted octanol–water partition coefficient (Wildman–Crippen LogP) is 4.04. The van der Waals surface area contributed by atoms with E-state index in [0.717, 1.165) is 18.8 Å². The first kappa shape index (κ1) is 18.8. The van der Waals surface area contributed by atoms with Gasteiger partial charge in [-0.05, 0) is 69.3 Å². The fraction of sp³-hybridized carbons (Fsp3) is 0.450. The molecule has 0 aliphatic carbocycles. The zero-order valence-corrected chi connectivity index (χ0v) is 15.7. The Hall–Kier alpha value is -1.98. The molecular weight excluding hydrogens is 352 g/mol. The van der Waals surface area contributed by atoms with Crippen LogP contribution in [-0.4, -0.2) is 36.5 Å². The minimum Gasteiger partial charge on any atom is -0.481 e. The van der Waals surface area contributed by atoms with Crippen molar-refractivity contribution in [2.45, 2.75) is 38.3 Å². The van der Waals surface area contributed by atoms with Crippen molar-refractivity contribution in [3.05, 3.63) is 53.4 Å². The number of amides is 1. The van der Waals surface area contributed by atoms with Gasteiger partial charge in [0, 0.05) is 11.6 Å². The van der Waals surface area contributed by atoms with Gasteiger partial charge in [0.1, 0.15) is 11.5 Å². The van der Waals surface area contributed by atoms with Gasteiger partial charge in [-0.25, -0.2) is 0 Å². The lowest BCUT2D eigenvalue weighted by molar-refractivity contribution is -0.127. The number of furan rings is 1. The highest BCUT2D eigenvalue weighted by Gasteiger charge is 2.26. The van der Waals surface area contributed by atoms with E-state index in [1.54, 1.807) is 37.5 Å². The highest BCUT2D eigenvalue weighted by molar-refractivity contribution is 6.30. The molecule has 1 aromatic carbocycles. The molecule has 1 saturated heterocycles. The van der Waals surface area contributed by atoms with Crippen LogP contribution in [-0.2, 0) is 4.79 Å². The van der Waals surface area contributed by atoms with Crippen molar-refractivity contribution < 1.29 is 13.9 Å². The molecule has 5 nitrogen and oxygen atoms in total. The lowest BCUT2D eigenvalue weighted by Gasteiger charge is -2.33. The number of hydrogen-bond donors (Lipinski definition) is 1. The van der Waals surface area contributed by atoms with E-state index < -0.39 is 6.10 Å². The van der Waals surface area contributed by atoms with Crippen LogP contribution in [0.4, 0.5) is 0 Å². The summed E-state index contributed by atoms with van der Waals surface area (Å²) in [6, 6.07) is 10.9. The van der Waals surface area contributed by atoms with Crippen LogP contribution in [0.15, 0.2) is 47.1 Å². The van der Waals surface area contributed by atoms with Crippen molar-refractivity contribution in [2.24, 2.45) is 0 Å². The Labute approximate surface area is 159 Å². The number of piperidine rings is 1. The van der Waals surface area contributed by atoms with Gasteiger partial charge in [-0.15, -0.1) is 0 Å². The number of nitrogens with one attached hydrogen (secondary N) is 1. The molecule has 0 spiro atoms. The molecule has 1 aromatic heterocycles. The Morgan fingerprint density at radius 1 is 1.23 bits per heavy atom. The van der Waals surface area contributed by atoms with E-state index in [-0.39, 0.29) is 11.9 Å². The highest BCUT2D eigenvalue weighted by atomic mass is 35.5. The fourth-order valence-corrected chi connectivity index (χ4v) is 3.36.